The van der Waals surface area contributed by atoms with Gasteiger partial charge in [0, 0.05) is 10.9 Å². The molecule has 2 nitrogen and oxygen atoms in total. The second kappa shape index (κ2) is 5.10. The highest BCUT2D eigenvalue weighted by molar-refractivity contribution is 9.10. The molecule has 0 saturated carbocycles. The summed E-state index contributed by atoms with van der Waals surface area (Å²) < 4.78 is 19.1. The number of carbonyl (C=O) groups is 1. The van der Waals surface area contributed by atoms with Gasteiger partial charge in [0.1, 0.15) is 6.29 Å². The molecule has 0 aliphatic rings. The van der Waals surface area contributed by atoms with Crippen LogP contribution in [0.3, 0.4) is 0 Å². The fraction of sp³-hybridized carbons (Fsp3) is 0.300. The number of ether oxygens (including phenoxy) is 1. The van der Waals surface area contributed by atoms with E-state index in [1.807, 2.05) is 0 Å². The summed E-state index contributed by atoms with van der Waals surface area (Å²) in [5.74, 6) is -0.196. The van der Waals surface area contributed by atoms with Gasteiger partial charge < -0.3 is 9.53 Å². The third-order valence-electron chi connectivity index (χ3n) is 1.83. The predicted octanol–water partition coefficient (Wildman–Crippen LogP) is 2.73. The molecule has 0 radical (unpaired) electrons. The summed E-state index contributed by atoms with van der Waals surface area (Å²) in [6.45, 7) is 0. The lowest BCUT2D eigenvalue weighted by molar-refractivity contribution is -0.107. The van der Waals surface area contributed by atoms with Gasteiger partial charge >= 0.3 is 0 Å². The Bertz CT molecular complexity index is 339. The number of halogens is 2. The molecule has 76 valence electrons. The fourth-order valence-electron chi connectivity index (χ4n) is 1.16. The van der Waals surface area contributed by atoms with Gasteiger partial charge in [-0.2, -0.15) is 0 Å². The minimum Gasteiger partial charge on any atom is -0.494 e. The molecule has 0 heterocycles. The van der Waals surface area contributed by atoms with E-state index in [0.29, 0.717) is 18.4 Å². The molecule has 0 bridgehead atoms. The zero-order valence-electron chi connectivity index (χ0n) is 7.72. The number of carbonyl (C=O) groups excluding carboxylic acids is 1. The smallest absolute Gasteiger partial charge is 0.168 e. The van der Waals surface area contributed by atoms with Crippen LogP contribution in [-0.4, -0.2) is 13.4 Å². The van der Waals surface area contributed by atoms with Crippen molar-refractivity contribution in [3.05, 3.63) is 28.0 Å². The third kappa shape index (κ3) is 2.54. The van der Waals surface area contributed by atoms with Crippen molar-refractivity contribution in [2.24, 2.45) is 0 Å². The molecule has 0 atom stereocenters. The van der Waals surface area contributed by atoms with Crippen LogP contribution in [0, 0.1) is 5.82 Å². The first-order valence-corrected chi connectivity index (χ1v) is 4.94. The molecular weight excluding hydrogens is 251 g/mol. The van der Waals surface area contributed by atoms with Crippen LogP contribution < -0.4 is 4.74 Å². The summed E-state index contributed by atoms with van der Waals surface area (Å²) in [4.78, 5) is 10.2. The number of hydrogen-bond donors (Lipinski definition) is 0. The van der Waals surface area contributed by atoms with Gasteiger partial charge in [0.2, 0.25) is 0 Å². The molecule has 0 aliphatic carbocycles. The summed E-state index contributed by atoms with van der Waals surface area (Å²) in [5.41, 5.74) is 0.489. The molecule has 1 rings (SSSR count). The molecule has 0 N–H and O–H groups in total. The minimum absolute atomic E-state index is 0.195. The molecule has 0 aliphatic heterocycles. The maximum absolute atomic E-state index is 13.5. The van der Waals surface area contributed by atoms with Crippen molar-refractivity contribution >= 4 is 22.2 Å². The summed E-state index contributed by atoms with van der Waals surface area (Å²) in [6.07, 6.45) is 1.48. The Labute approximate surface area is 90.2 Å². The van der Waals surface area contributed by atoms with Gasteiger partial charge in [-0.1, -0.05) is 15.9 Å². The average molecular weight is 261 g/mol. The highest BCUT2D eigenvalue weighted by Gasteiger charge is 2.09. The second-order valence-corrected chi connectivity index (χ2v) is 3.70. The van der Waals surface area contributed by atoms with E-state index in [4.69, 9.17) is 4.74 Å². The standard InChI is InChI=1S/C10H10BrFO2/c1-14-9-6-8(11)5-7(10(9)12)3-2-4-13/h4-6H,2-3H2,1H3. The summed E-state index contributed by atoms with van der Waals surface area (Å²) in [7, 11) is 1.41. The van der Waals surface area contributed by atoms with Crippen LogP contribution in [0.25, 0.3) is 0 Å². The highest BCUT2D eigenvalue weighted by Crippen LogP contribution is 2.26. The monoisotopic (exact) mass is 260 g/mol. The first-order chi connectivity index (χ1) is 6.69. The van der Waals surface area contributed by atoms with Gasteiger partial charge in [-0.3, -0.25) is 0 Å². The number of benzene rings is 1. The molecule has 14 heavy (non-hydrogen) atoms. The summed E-state index contributed by atoms with van der Waals surface area (Å²) >= 11 is 3.24. The maximum Gasteiger partial charge on any atom is 0.168 e. The summed E-state index contributed by atoms with van der Waals surface area (Å²) in [5, 5.41) is 0. The van der Waals surface area contributed by atoms with Crippen molar-refractivity contribution in [1.82, 2.24) is 0 Å². The molecule has 0 unspecified atom stereocenters. The van der Waals surface area contributed by atoms with Crippen molar-refractivity contribution < 1.29 is 13.9 Å². The van der Waals surface area contributed by atoms with Crippen LogP contribution in [0.4, 0.5) is 4.39 Å². The van der Waals surface area contributed by atoms with Crippen LogP contribution in [0.15, 0.2) is 16.6 Å². The van der Waals surface area contributed by atoms with Crippen LogP contribution in [-0.2, 0) is 11.2 Å². The minimum atomic E-state index is -0.391. The Morgan fingerprint density at radius 3 is 2.86 bits per heavy atom. The lowest BCUT2D eigenvalue weighted by Gasteiger charge is -2.07. The number of hydrogen-bond acceptors (Lipinski definition) is 2. The van der Waals surface area contributed by atoms with E-state index in [-0.39, 0.29) is 5.75 Å². The van der Waals surface area contributed by atoms with E-state index in [1.54, 1.807) is 12.1 Å². The largest absolute Gasteiger partial charge is 0.494 e. The second-order valence-electron chi connectivity index (χ2n) is 2.79. The van der Waals surface area contributed by atoms with E-state index < -0.39 is 5.82 Å². The van der Waals surface area contributed by atoms with Crippen molar-refractivity contribution in [2.75, 3.05) is 7.11 Å². The normalized spacial score (nSPS) is 9.93. The SMILES string of the molecule is COc1cc(Br)cc(CCC=O)c1F. The van der Waals surface area contributed by atoms with Gasteiger partial charge in [-0.05, 0) is 24.1 Å². The van der Waals surface area contributed by atoms with E-state index in [9.17, 15) is 9.18 Å². The Morgan fingerprint density at radius 1 is 1.57 bits per heavy atom. The number of methoxy groups -OCH3 is 1. The molecule has 0 aromatic heterocycles. The molecule has 4 heteroatoms. The predicted molar refractivity (Wildman–Crippen MR) is 55.0 cm³/mol. The topological polar surface area (TPSA) is 26.3 Å². The quantitative estimate of drug-likeness (QED) is 0.779. The first kappa shape index (κ1) is 11.2. The van der Waals surface area contributed by atoms with Crippen LogP contribution in [0.1, 0.15) is 12.0 Å². The molecule has 1 aromatic carbocycles. The Morgan fingerprint density at radius 2 is 2.29 bits per heavy atom. The molecule has 0 fully saturated rings. The Kier molecular flexibility index (Phi) is 4.07. The van der Waals surface area contributed by atoms with Crippen LogP contribution in [0.2, 0.25) is 0 Å². The molecule has 0 saturated heterocycles. The summed E-state index contributed by atoms with van der Waals surface area (Å²) in [6, 6.07) is 3.21. The number of rotatable bonds is 4. The molecule has 0 amide bonds. The van der Waals surface area contributed by atoms with E-state index in [0.717, 1.165) is 10.8 Å². The Hall–Kier alpha value is -0.900. The zero-order valence-corrected chi connectivity index (χ0v) is 9.30. The van der Waals surface area contributed by atoms with E-state index >= 15 is 0 Å². The lowest BCUT2D eigenvalue weighted by Crippen LogP contribution is -1.96. The van der Waals surface area contributed by atoms with Gasteiger partial charge in [-0.25, -0.2) is 4.39 Å². The van der Waals surface area contributed by atoms with Gasteiger partial charge in [0.15, 0.2) is 11.6 Å². The third-order valence-corrected chi connectivity index (χ3v) is 2.29. The van der Waals surface area contributed by atoms with Crippen molar-refractivity contribution in [2.45, 2.75) is 12.8 Å². The van der Waals surface area contributed by atoms with Crippen molar-refractivity contribution in [1.29, 1.82) is 0 Å². The average Bonchev–Trinajstić information content (AvgIpc) is 2.18. The van der Waals surface area contributed by atoms with Crippen LogP contribution >= 0.6 is 15.9 Å². The highest BCUT2D eigenvalue weighted by atomic mass is 79.9. The van der Waals surface area contributed by atoms with Gasteiger partial charge in [0.25, 0.3) is 0 Å². The van der Waals surface area contributed by atoms with E-state index in [2.05, 4.69) is 15.9 Å². The fourth-order valence-corrected chi connectivity index (χ4v) is 1.65. The number of aryl methyl sites for hydroxylation is 1. The first-order valence-electron chi connectivity index (χ1n) is 4.14. The van der Waals surface area contributed by atoms with Gasteiger partial charge in [0.05, 0.1) is 7.11 Å². The lowest BCUT2D eigenvalue weighted by atomic mass is 10.1. The van der Waals surface area contributed by atoms with Crippen LogP contribution in [0.5, 0.6) is 5.75 Å². The zero-order chi connectivity index (χ0) is 10.6. The van der Waals surface area contributed by atoms with Gasteiger partial charge in [-0.15, -0.1) is 0 Å². The van der Waals surface area contributed by atoms with E-state index in [1.165, 1.54) is 7.11 Å². The maximum atomic E-state index is 13.5. The van der Waals surface area contributed by atoms with Crippen molar-refractivity contribution in [3.63, 3.8) is 0 Å². The number of aldehydes is 1. The van der Waals surface area contributed by atoms with Crippen molar-refractivity contribution in [3.8, 4) is 5.75 Å². The molecule has 0 spiro atoms. The molecule has 1 aromatic rings. The Balaban J connectivity index is 3.02. The molecular formula is C10H10BrFO2.